The number of amides is 2. The van der Waals surface area contributed by atoms with Crippen LogP contribution in [0.15, 0.2) is 83.1 Å². The lowest BCUT2D eigenvalue weighted by Crippen LogP contribution is -2.22. The van der Waals surface area contributed by atoms with Gasteiger partial charge in [-0.15, -0.1) is 0 Å². The van der Waals surface area contributed by atoms with Crippen LogP contribution in [0.3, 0.4) is 0 Å². The Morgan fingerprint density at radius 1 is 0.976 bits per heavy atom. The molecular formula is C28H22N4O7S2. The van der Waals surface area contributed by atoms with Crippen molar-refractivity contribution in [3.63, 3.8) is 0 Å². The summed E-state index contributed by atoms with van der Waals surface area (Å²) in [6.07, 6.45) is 0. The lowest BCUT2D eigenvalue weighted by atomic mass is 10.0. The molecule has 2 heterocycles. The maximum atomic E-state index is 13.3. The van der Waals surface area contributed by atoms with Crippen LogP contribution in [0.4, 0.5) is 16.5 Å². The van der Waals surface area contributed by atoms with E-state index in [0.717, 1.165) is 11.3 Å². The summed E-state index contributed by atoms with van der Waals surface area (Å²) < 4.78 is 34.3. The van der Waals surface area contributed by atoms with Gasteiger partial charge in [-0.25, -0.2) is 18.2 Å². The van der Waals surface area contributed by atoms with E-state index in [2.05, 4.69) is 15.0 Å². The zero-order valence-electron chi connectivity index (χ0n) is 21.6. The number of ether oxygens (including phenoxy) is 1. The number of carbonyl (C=O) groups is 3. The number of fused-ring (bicyclic) bond motifs is 1. The first kappa shape index (κ1) is 27.7. The normalized spacial score (nSPS) is 13.9. The lowest BCUT2D eigenvalue weighted by molar-refractivity contribution is -0.117. The molecule has 1 aliphatic rings. The molecule has 0 radical (unpaired) electrons. The number of hydrogen-bond donors (Lipinski definition) is 3. The number of aryl methyl sites for hydroxylation is 1. The Morgan fingerprint density at radius 2 is 1.61 bits per heavy atom. The van der Waals surface area contributed by atoms with Crippen LogP contribution >= 0.6 is 11.3 Å². The second-order valence-electron chi connectivity index (χ2n) is 8.85. The molecule has 0 bridgehead atoms. The molecule has 208 valence electrons. The Hall–Kier alpha value is -4.85. The molecule has 3 N–H and O–H groups in total. The summed E-state index contributed by atoms with van der Waals surface area (Å²) in [5, 5.41) is 13.7. The number of nitrogens with zero attached hydrogens (tertiary/aromatic N) is 2. The van der Waals surface area contributed by atoms with Gasteiger partial charge in [-0.2, -0.15) is 5.06 Å². The molecular weight excluding hydrogens is 568 g/mol. The highest BCUT2D eigenvalue weighted by Gasteiger charge is 2.37. The standard InChI is InChI=1S/C28H22N4O7S2/c1-16-27(40-28(29-16)30-17(2)33)41(37,38)31-20-13-14-21-22(15-20)32(36)25(34)23(21)24(18-9-5-3-6-10-18)39-26(35)19-11-7-4-8-12-19/h3-15,31,36H,1-2H3,(H,29,30,33)/b24-23-. The number of esters is 1. The first-order chi connectivity index (χ1) is 19.5. The first-order valence-electron chi connectivity index (χ1n) is 12.1. The highest BCUT2D eigenvalue weighted by atomic mass is 32.2. The molecule has 3 aromatic carbocycles. The number of rotatable bonds is 7. The van der Waals surface area contributed by atoms with Crippen molar-refractivity contribution in [3.05, 3.63) is 101 Å². The maximum Gasteiger partial charge on any atom is 0.343 e. The van der Waals surface area contributed by atoms with Gasteiger partial charge in [-0.3, -0.25) is 19.5 Å². The van der Waals surface area contributed by atoms with Crippen LogP contribution in [0, 0.1) is 6.92 Å². The van der Waals surface area contributed by atoms with Gasteiger partial charge >= 0.3 is 5.97 Å². The van der Waals surface area contributed by atoms with Crippen molar-refractivity contribution in [2.45, 2.75) is 18.1 Å². The van der Waals surface area contributed by atoms with Crippen molar-refractivity contribution in [1.82, 2.24) is 4.98 Å². The molecule has 11 nitrogen and oxygen atoms in total. The van der Waals surface area contributed by atoms with E-state index in [-0.39, 0.29) is 48.9 Å². The maximum absolute atomic E-state index is 13.3. The van der Waals surface area contributed by atoms with Gasteiger partial charge in [0, 0.05) is 18.1 Å². The molecule has 0 saturated heterocycles. The fraction of sp³-hybridized carbons (Fsp3) is 0.0714. The van der Waals surface area contributed by atoms with Crippen molar-refractivity contribution in [1.29, 1.82) is 0 Å². The van der Waals surface area contributed by atoms with E-state index < -0.39 is 27.8 Å². The van der Waals surface area contributed by atoms with Crippen LogP contribution in [-0.4, -0.2) is 36.4 Å². The largest absolute Gasteiger partial charge is 0.421 e. The van der Waals surface area contributed by atoms with Gasteiger partial charge in [0.1, 0.15) is 0 Å². The number of thiazole rings is 1. The summed E-state index contributed by atoms with van der Waals surface area (Å²) in [4.78, 5) is 41.7. The number of hydroxylamine groups is 1. The van der Waals surface area contributed by atoms with Gasteiger partial charge in [0.15, 0.2) is 15.1 Å². The minimum absolute atomic E-state index is 0.0191. The first-order valence-corrected chi connectivity index (χ1v) is 14.4. The summed E-state index contributed by atoms with van der Waals surface area (Å²) in [6.45, 7) is 2.77. The molecule has 1 aliphatic heterocycles. The topological polar surface area (TPSA) is 155 Å². The average molecular weight is 591 g/mol. The molecule has 2 amide bonds. The monoisotopic (exact) mass is 590 g/mol. The molecule has 0 fully saturated rings. The van der Waals surface area contributed by atoms with Crippen molar-refractivity contribution in [2.24, 2.45) is 0 Å². The van der Waals surface area contributed by atoms with Crippen molar-refractivity contribution in [3.8, 4) is 0 Å². The lowest BCUT2D eigenvalue weighted by Gasteiger charge is -2.12. The van der Waals surface area contributed by atoms with E-state index in [4.69, 9.17) is 4.74 Å². The third kappa shape index (κ3) is 5.59. The van der Waals surface area contributed by atoms with Gasteiger partial charge in [0.2, 0.25) is 5.91 Å². The zero-order chi connectivity index (χ0) is 29.3. The van der Waals surface area contributed by atoms with Crippen LogP contribution in [0.2, 0.25) is 0 Å². The minimum atomic E-state index is -4.14. The highest BCUT2D eigenvalue weighted by Crippen LogP contribution is 2.42. The molecule has 0 atom stereocenters. The SMILES string of the molecule is CC(=O)Nc1nc(C)c(S(=O)(=O)Nc2ccc3c(c2)N(O)C(=O)/C3=C(\OC(=O)c2ccccc2)c2ccccc2)s1. The summed E-state index contributed by atoms with van der Waals surface area (Å²) in [5.41, 5.74) is 1.04. The Labute approximate surface area is 238 Å². The summed E-state index contributed by atoms with van der Waals surface area (Å²) in [6, 6.07) is 20.9. The number of hydrogen-bond acceptors (Lipinski definition) is 9. The second kappa shape index (κ2) is 11.0. The van der Waals surface area contributed by atoms with Crippen LogP contribution in [-0.2, 0) is 24.3 Å². The molecule has 4 aromatic rings. The van der Waals surface area contributed by atoms with Crippen LogP contribution in [0.25, 0.3) is 11.3 Å². The predicted octanol–water partition coefficient (Wildman–Crippen LogP) is 4.67. The zero-order valence-corrected chi connectivity index (χ0v) is 23.2. The van der Waals surface area contributed by atoms with E-state index in [1.54, 1.807) is 60.7 Å². The van der Waals surface area contributed by atoms with E-state index in [9.17, 15) is 28.0 Å². The predicted molar refractivity (Wildman–Crippen MR) is 153 cm³/mol. The van der Waals surface area contributed by atoms with E-state index in [1.807, 2.05) is 0 Å². The van der Waals surface area contributed by atoms with E-state index >= 15 is 0 Å². The number of nitrogens with one attached hydrogen (secondary N) is 2. The quantitative estimate of drug-likeness (QED) is 0.121. The Morgan fingerprint density at radius 3 is 2.24 bits per heavy atom. The molecule has 13 heteroatoms. The van der Waals surface area contributed by atoms with Crippen molar-refractivity contribution >= 4 is 67.0 Å². The summed E-state index contributed by atoms with van der Waals surface area (Å²) in [5.74, 6) is -2.03. The fourth-order valence-electron chi connectivity index (χ4n) is 4.14. The second-order valence-corrected chi connectivity index (χ2v) is 11.7. The van der Waals surface area contributed by atoms with Crippen molar-refractivity contribution in [2.75, 3.05) is 15.1 Å². The van der Waals surface area contributed by atoms with Gasteiger partial charge in [0.05, 0.1) is 28.2 Å². The number of aromatic nitrogens is 1. The molecule has 1 aromatic heterocycles. The summed E-state index contributed by atoms with van der Waals surface area (Å²) >= 11 is 0.783. The molecule has 0 saturated carbocycles. The van der Waals surface area contributed by atoms with Crippen molar-refractivity contribution < 1.29 is 32.7 Å². The van der Waals surface area contributed by atoms with E-state index in [1.165, 1.54) is 32.0 Å². The molecule has 5 rings (SSSR count). The number of anilines is 3. The Kier molecular flexibility index (Phi) is 7.41. The molecule has 0 spiro atoms. The van der Waals surface area contributed by atoms with Gasteiger partial charge in [-0.05, 0) is 37.3 Å². The minimum Gasteiger partial charge on any atom is -0.421 e. The third-order valence-electron chi connectivity index (χ3n) is 5.90. The van der Waals surface area contributed by atoms with Gasteiger partial charge in [-0.1, -0.05) is 59.9 Å². The smallest absolute Gasteiger partial charge is 0.343 e. The van der Waals surface area contributed by atoms with Gasteiger partial charge < -0.3 is 10.1 Å². The molecule has 41 heavy (non-hydrogen) atoms. The van der Waals surface area contributed by atoms with Crippen LogP contribution in [0.5, 0.6) is 0 Å². The average Bonchev–Trinajstić information content (AvgIpc) is 3.44. The van der Waals surface area contributed by atoms with E-state index in [0.29, 0.717) is 10.6 Å². The molecule has 0 unspecified atom stereocenters. The highest BCUT2D eigenvalue weighted by molar-refractivity contribution is 7.94. The Bertz CT molecular complexity index is 1820. The molecule has 0 aliphatic carbocycles. The summed E-state index contributed by atoms with van der Waals surface area (Å²) in [7, 11) is -4.14. The third-order valence-corrected chi connectivity index (χ3v) is 8.97. The fourth-order valence-corrected chi connectivity index (χ4v) is 6.65. The van der Waals surface area contributed by atoms with Gasteiger partial charge in [0.25, 0.3) is 15.9 Å². The number of sulfonamides is 1. The number of carbonyl (C=O) groups excluding carboxylic acids is 3. The Balaban J connectivity index is 1.54. The van der Waals surface area contributed by atoms with Crippen LogP contribution < -0.4 is 15.1 Å². The van der Waals surface area contributed by atoms with Crippen LogP contribution in [0.1, 0.15) is 34.1 Å². The number of benzene rings is 3.